The number of nitrogens with zero attached hydrogens (tertiary/aromatic N) is 1. The van der Waals surface area contributed by atoms with Gasteiger partial charge >= 0.3 is 0 Å². The molecular weight excluding hydrogens is 759 g/mol. The van der Waals surface area contributed by atoms with Gasteiger partial charge in [0.25, 0.3) is 0 Å². The molecule has 0 aromatic heterocycles. The van der Waals surface area contributed by atoms with Crippen molar-refractivity contribution in [1.82, 2.24) is 0 Å². The maximum Gasteiger partial charge on any atom is 0.0540 e. The van der Waals surface area contributed by atoms with E-state index >= 15 is 0 Å². The molecule has 0 bridgehead atoms. The predicted octanol–water partition coefficient (Wildman–Crippen LogP) is 16.4. The third-order valence-electron chi connectivity index (χ3n) is 14.9. The van der Waals surface area contributed by atoms with Crippen LogP contribution >= 0.6 is 0 Å². The van der Waals surface area contributed by atoms with Crippen molar-refractivity contribution in [2.24, 2.45) is 0 Å². The highest BCUT2D eigenvalue weighted by Crippen LogP contribution is 2.60. The smallest absolute Gasteiger partial charge is 0.0540 e. The van der Waals surface area contributed by atoms with Gasteiger partial charge in [-0.1, -0.05) is 196 Å². The Bertz CT molecular complexity index is 3500. The number of rotatable bonds is 5. The molecule has 1 heteroatoms. The molecule has 1 atom stereocenters. The van der Waals surface area contributed by atoms with Gasteiger partial charge in [0.15, 0.2) is 0 Å². The zero-order chi connectivity index (χ0) is 41.9. The van der Waals surface area contributed by atoms with Gasteiger partial charge < -0.3 is 4.90 Å². The first kappa shape index (κ1) is 36.2. The summed E-state index contributed by atoms with van der Waals surface area (Å²) in [5.74, 6) is 0. The summed E-state index contributed by atoms with van der Waals surface area (Å²) in [6.45, 7) is 4.76. The normalized spacial score (nSPS) is 16.2. The van der Waals surface area contributed by atoms with Crippen molar-refractivity contribution in [3.8, 4) is 44.5 Å². The minimum atomic E-state index is -0.192. The van der Waals surface area contributed by atoms with Crippen LogP contribution in [-0.4, -0.2) is 0 Å². The Kier molecular flexibility index (Phi) is 7.76. The van der Waals surface area contributed by atoms with Crippen LogP contribution in [0.1, 0.15) is 53.6 Å². The minimum absolute atomic E-state index is 0.104. The lowest BCUT2D eigenvalue weighted by atomic mass is 9.73. The SMILES string of the molecule is CC1(C)c2ccccc2-c2cccc(-c3ccc(N(c4ccc5c(c4)C4(CCc6ccccc64)c4ccccc4-5)c4ccccc4-c4cccc5c4ccc4ccccc45)cc3)c21. The second-order valence-corrected chi connectivity index (χ2v) is 18.3. The molecule has 0 aliphatic heterocycles. The number of para-hydroxylation sites is 1. The topological polar surface area (TPSA) is 3.24 Å². The fourth-order valence-corrected chi connectivity index (χ4v) is 12.1. The predicted molar refractivity (Wildman–Crippen MR) is 265 cm³/mol. The van der Waals surface area contributed by atoms with E-state index in [0.29, 0.717) is 0 Å². The Hall–Kier alpha value is -7.48. The maximum absolute atomic E-state index is 2.53. The highest BCUT2D eigenvalue weighted by molar-refractivity contribution is 6.13. The molecule has 0 heterocycles. The van der Waals surface area contributed by atoms with Crippen molar-refractivity contribution >= 4 is 38.6 Å². The molecule has 13 rings (SSSR count). The zero-order valence-corrected chi connectivity index (χ0v) is 35.6. The van der Waals surface area contributed by atoms with Gasteiger partial charge in [-0.15, -0.1) is 0 Å². The Balaban J connectivity index is 1.02. The molecule has 0 radical (unpaired) electrons. The van der Waals surface area contributed by atoms with Crippen molar-refractivity contribution in [3.63, 3.8) is 0 Å². The first-order chi connectivity index (χ1) is 31.0. The second kappa shape index (κ2) is 13.5. The summed E-state index contributed by atoms with van der Waals surface area (Å²) in [5.41, 5.74) is 22.1. The van der Waals surface area contributed by atoms with Gasteiger partial charge in [0.2, 0.25) is 0 Å². The third kappa shape index (κ3) is 5.11. The summed E-state index contributed by atoms with van der Waals surface area (Å²) in [6, 6.07) is 80.0. The highest BCUT2D eigenvalue weighted by atomic mass is 15.1. The molecule has 0 amide bonds. The molecule has 63 heavy (non-hydrogen) atoms. The number of aryl methyl sites for hydroxylation is 1. The first-order valence-corrected chi connectivity index (χ1v) is 22.5. The summed E-state index contributed by atoms with van der Waals surface area (Å²) in [7, 11) is 0. The number of hydrogen-bond donors (Lipinski definition) is 0. The Morgan fingerprint density at radius 3 is 1.84 bits per heavy atom. The lowest BCUT2D eigenvalue weighted by Crippen LogP contribution is -2.24. The lowest BCUT2D eigenvalue weighted by molar-refractivity contribution is 0.626. The summed E-state index contributed by atoms with van der Waals surface area (Å²) < 4.78 is 0. The zero-order valence-electron chi connectivity index (χ0n) is 35.6. The van der Waals surface area contributed by atoms with Crippen LogP contribution in [0.2, 0.25) is 0 Å². The van der Waals surface area contributed by atoms with E-state index in [2.05, 4.69) is 231 Å². The molecule has 3 aliphatic rings. The van der Waals surface area contributed by atoms with E-state index in [0.717, 1.165) is 29.9 Å². The largest absolute Gasteiger partial charge is 0.310 e. The number of hydrogen-bond acceptors (Lipinski definition) is 1. The molecule has 1 spiro atoms. The number of fused-ring (bicyclic) bond motifs is 13. The van der Waals surface area contributed by atoms with E-state index < -0.39 is 0 Å². The fourth-order valence-electron chi connectivity index (χ4n) is 12.1. The van der Waals surface area contributed by atoms with E-state index in [-0.39, 0.29) is 10.8 Å². The maximum atomic E-state index is 2.53. The molecular formula is C62H45N. The van der Waals surface area contributed by atoms with Crippen molar-refractivity contribution < 1.29 is 0 Å². The molecule has 0 saturated carbocycles. The van der Waals surface area contributed by atoms with Crippen LogP contribution in [0.4, 0.5) is 17.1 Å². The molecule has 3 aliphatic carbocycles. The van der Waals surface area contributed by atoms with Crippen molar-refractivity contribution in [2.75, 3.05) is 4.90 Å². The summed E-state index contributed by atoms with van der Waals surface area (Å²) in [5, 5.41) is 5.07. The summed E-state index contributed by atoms with van der Waals surface area (Å²) in [6.07, 6.45) is 2.14. The minimum Gasteiger partial charge on any atom is -0.310 e. The molecule has 1 nitrogen and oxygen atoms in total. The van der Waals surface area contributed by atoms with Gasteiger partial charge in [0.1, 0.15) is 0 Å². The van der Waals surface area contributed by atoms with Crippen molar-refractivity contribution in [1.29, 1.82) is 0 Å². The molecule has 10 aromatic rings. The van der Waals surface area contributed by atoms with Gasteiger partial charge in [-0.2, -0.15) is 0 Å². The standard InChI is InChI=1S/C62H45N/c1-61(2)56-26-10-6-19-51(56)54-24-13-21-46(60(54)61)41-29-32-43(33-30-41)63(59-28-12-8-20-53(59)48-23-14-22-47-45-17-5-3-15-40(45)31-35-49(47)48)44-34-36-52-50-18-7-11-27-57(50)62(58(52)39-44)38-37-42-16-4-9-25-55(42)62/h3-36,39H,37-38H2,1-2H3. The highest BCUT2D eigenvalue weighted by Gasteiger charge is 2.48. The average Bonchev–Trinajstić information content (AvgIpc) is 3.95. The van der Waals surface area contributed by atoms with E-state index in [4.69, 9.17) is 0 Å². The molecule has 0 N–H and O–H groups in total. The Labute approximate surface area is 369 Å². The molecule has 0 saturated heterocycles. The average molecular weight is 804 g/mol. The number of anilines is 3. The lowest BCUT2D eigenvalue weighted by Gasteiger charge is -2.32. The van der Waals surface area contributed by atoms with Gasteiger partial charge in [-0.05, 0) is 137 Å². The fraction of sp³-hybridized carbons (Fsp3) is 0.0968. The van der Waals surface area contributed by atoms with Crippen LogP contribution in [0.15, 0.2) is 212 Å². The molecule has 0 fully saturated rings. The van der Waals surface area contributed by atoms with E-state index in [1.54, 1.807) is 0 Å². The second-order valence-electron chi connectivity index (χ2n) is 18.3. The van der Waals surface area contributed by atoms with Crippen LogP contribution in [0.25, 0.3) is 66.1 Å². The van der Waals surface area contributed by atoms with Gasteiger partial charge in [0, 0.05) is 27.8 Å². The van der Waals surface area contributed by atoms with Crippen LogP contribution in [0.3, 0.4) is 0 Å². The summed E-state index contributed by atoms with van der Waals surface area (Å²) >= 11 is 0. The van der Waals surface area contributed by atoms with Gasteiger partial charge in [-0.3, -0.25) is 0 Å². The van der Waals surface area contributed by atoms with Crippen LogP contribution in [0.5, 0.6) is 0 Å². The quantitative estimate of drug-likeness (QED) is 0.157. The van der Waals surface area contributed by atoms with E-state index in [1.165, 1.54) is 99.4 Å². The number of benzene rings is 10. The molecule has 298 valence electrons. The van der Waals surface area contributed by atoms with E-state index in [1.807, 2.05) is 0 Å². The molecule has 1 unspecified atom stereocenters. The van der Waals surface area contributed by atoms with Crippen LogP contribution in [0, 0.1) is 0 Å². The van der Waals surface area contributed by atoms with Crippen molar-refractivity contribution in [3.05, 3.63) is 246 Å². The third-order valence-corrected chi connectivity index (χ3v) is 14.9. The summed E-state index contributed by atoms with van der Waals surface area (Å²) in [4.78, 5) is 2.52. The monoisotopic (exact) mass is 803 g/mol. The van der Waals surface area contributed by atoms with Gasteiger partial charge in [-0.25, -0.2) is 0 Å². The van der Waals surface area contributed by atoms with Crippen molar-refractivity contribution in [2.45, 2.75) is 37.5 Å². The Morgan fingerprint density at radius 2 is 0.984 bits per heavy atom. The van der Waals surface area contributed by atoms with Crippen LogP contribution in [-0.2, 0) is 17.3 Å². The Morgan fingerprint density at radius 1 is 0.381 bits per heavy atom. The van der Waals surface area contributed by atoms with Gasteiger partial charge in [0.05, 0.1) is 5.69 Å². The van der Waals surface area contributed by atoms with E-state index in [9.17, 15) is 0 Å². The first-order valence-electron chi connectivity index (χ1n) is 22.5. The molecule has 10 aromatic carbocycles. The van der Waals surface area contributed by atoms with Crippen LogP contribution < -0.4 is 4.90 Å².